The number of ether oxygens (including phenoxy) is 1. The minimum absolute atomic E-state index is 0.0470. The Hall–Kier alpha value is -2.21. The van der Waals surface area contributed by atoms with Gasteiger partial charge in [0.25, 0.3) is 0 Å². The summed E-state index contributed by atoms with van der Waals surface area (Å²) in [4.78, 5) is 19.9. The number of carboxylic acid groups (broad SMARTS) is 1. The maximum atomic E-state index is 11.3. The van der Waals surface area contributed by atoms with E-state index in [-0.39, 0.29) is 11.7 Å². The van der Waals surface area contributed by atoms with Crippen molar-refractivity contribution in [3.63, 3.8) is 0 Å². The molecule has 1 unspecified atom stereocenters. The number of hydrogen-bond donors (Lipinski definition) is 2. The van der Waals surface area contributed by atoms with Crippen molar-refractivity contribution in [2.75, 3.05) is 18.5 Å². The molecule has 0 saturated carbocycles. The molecule has 20 heavy (non-hydrogen) atoms. The highest BCUT2D eigenvalue weighted by molar-refractivity contribution is 5.93. The summed E-state index contributed by atoms with van der Waals surface area (Å²) >= 11 is 0. The Morgan fingerprint density at radius 3 is 2.70 bits per heavy atom. The average Bonchev–Trinajstić information content (AvgIpc) is 2.47. The summed E-state index contributed by atoms with van der Waals surface area (Å²) in [6.07, 6.45) is 1.90. The predicted octanol–water partition coefficient (Wildman–Crippen LogP) is 1.92. The number of carbonyl (C=O) groups is 1. The van der Waals surface area contributed by atoms with Gasteiger partial charge in [0.2, 0.25) is 0 Å². The van der Waals surface area contributed by atoms with E-state index < -0.39 is 5.97 Å². The number of fused-ring (bicyclic) bond motifs is 1. The lowest BCUT2D eigenvalue weighted by molar-refractivity contribution is 0.0690. The van der Waals surface area contributed by atoms with Crippen molar-refractivity contribution in [1.82, 2.24) is 9.97 Å². The number of nitrogens with zero attached hydrogens (tertiary/aromatic N) is 2. The van der Waals surface area contributed by atoms with Crippen molar-refractivity contribution in [3.05, 3.63) is 30.0 Å². The van der Waals surface area contributed by atoms with Gasteiger partial charge in [0, 0.05) is 6.61 Å². The molecule has 0 bridgehead atoms. The van der Waals surface area contributed by atoms with E-state index in [0.717, 1.165) is 19.4 Å². The fraction of sp³-hybridized carbons (Fsp3) is 0.357. The molecule has 1 aliphatic heterocycles. The summed E-state index contributed by atoms with van der Waals surface area (Å²) in [5, 5.41) is 12.4. The lowest BCUT2D eigenvalue weighted by Crippen LogP contribution is -2.31. The van der Waals surface area contributed by atoms with Crippen LogP contribution in [0, 0.1) is 0 Å². The number of carboxylic acids is 1. The van der Waals surface area contributed by atoms with Crippen LogP contribution in [0.15, 0.2) is 24.3 Å². The van der Waals surface area contributed by atoms with Crippen molar-refractivity contribution in [1.29, 1.82) is 0 Å². The Morgan fingerprint density at radius 2 is 2.05 bits per heavy atom. The Bertz CT molecular complexity index is 639. The van der Waals surface area contributed by atoms with Crippen molar-refractivity contribution in [2.45, 2.75) is 18.9 Å². The summed E-state index contributed by atoms with van der Waals surface area (Å²) < 4.78 is 5.38. The SMILES string of the molecule is O=C(O)c1nc2ccccc2nc1NC1CCCOC1. The molecule has 1 aliphatic rings. The van der Waals surface area contributed by atoms with Gasteiger partial charge in [-0.05, 0) is 25.0 Å². The highest BCUT2D eigenvalue weighted by atomic mass is 16.5. The van der Waals surface area contributed by atoms with Crippen LogP contribution in [0.2, 0.25) is 0 Å². The van der Waals surface area contributed by atoms with Crippen molar-refractivity contribution < 1.29 is 14.6 Å². The zero-order valence-electron chi connectivity index (χ0n) is 10.9. The molecule has 0 spiro atoms. The lowest BCUT2D eigenvalue weighted by atomic mass is 10.1. The average molecular weight is 273 g/mol. The van der Waals surface area contributed by atoms with E-state index >= 15 is 0 Å². The van der Waals surface area contributed by atoms with Crippen LogP contribution in [-0.2, 0) is 4.74 Å². The summed E-state index contributed by atoms with van der Waals surface area (Å²) in [5.74, 6) is -0.769. The van der Waals surface area contributed by atoms with Crippen LogP contribution < -0.4 is 5.32 Å². The molecule has 2 heterocycles. The van der Waals surface area contributed by atoms with Gasteiger partial charge < -0.3 is 15.2 Å². The van der Waals surface area contributed by atoms with Crippen LogP contribution in [-0.4, -0.2) is 40.3 Å². The Kier molecular flexibility index (Phi) is 3.47. The van der Waals surface area contributed by atoms with E-state index in [1.807, 2.05) is 18.2 Å². The molecular formula is C14H15N3O3. The Balaban J connectivity index is 1.98. The predicted molar refractivity (Wildman–Crippen MR) is 74.0 cm³/mol. The first-order chi connectivity index (χ1) is 9.74. The van der Waals surface area contributed by atoms with Gasteiger partial charge in [0.05, 0.1) is 23.7 Å². The van der Waals surface area contributed by atoms with Gasteiger partial charge in [-0.1, -0.05) is 12.1 Å². The van der Waals surface area contributed by atoms with Crippen LogP contribution in [0.25, 0.3) is 11.0 Å². The first kappa shape index (κ1) is 12.8. The Labute approximate surface area is 115 Å². The molecule has 6 nitrogen and oxygen atoms in total. The fourth-order valence-electron chi connectivity index (χ4n) is 2.30. The second-order valence-corrected chi connectivity index (χ2v) is 4.77. The maximum Gasteiger partial charge on any atom is 0.358 e. The third kappa shape index (κ3) is 2.55. The number of aromatic carboxylic acids is 1. The number of aromatic nitrogens is 2. The van der Waals surface area contributed by atoms with Gasteiger partial charge in [-0.3, -0.25) is 0 Å². The molecule has 0 radical (unpaired) electrons. The first-order valence-electron chi connectivity index (χ1n) is 6.58. The third-order valence-corrected chi connectivity index (χ3v) is 3.27. The molecule has 0 amide bonds. The second-order valence-electron chi connectivity index (χ2n) is 4.77. The lowest BCUT2D eigenvalue weighted by Gasteiger charge is -2.24. The van der Waals surface area contributed by atoms with Gasteiger partial charge in [-0.15, -0.1) is 0 Å². The van der Waals surface area contributed by atoms with Crippen molar-refractivity contribution in [3.8, 4) is 0 Å². The van der Waals surface area contributed by atoms with Gasteiger partial charge >= 0.3 is 5.97 Å². The van der Waals surface area contributed by atoms with E-state index in [9.17, 15) is 9.90 Å². The largest absolute Gasteiger partial charge is 0.476 e. The molecule has 3 rings (SSSR count). The zero-order valence-corrected chi connectivity index (χ0v) is 10.9. The molecule has 1 aromatic heterocycles. The van der Waals surface area contributed by atoms with Gasteiger partial charge in [-0.25, -0.2) is 14.8 Å². The number of nitrogens with one attached hydrogen (secondary N) is 1. The Morgan fingerprint density at radius 1 is 1.30 bits per heavy atom. The molecule has 2 N–H and O–H groups in total. The molecule has 0 aliphatic carbocycles. The normalized spacial score (nSPS) is 18.9. The molecule has 1 fully saturated rings. The summed E-state index contributed by atoms with van der Waals surface area (Å²) in [5.41, 5.74) is 1.21. The van der Waals surface area contributed by atoms with Crippen LogP contribution in [0.3, 0.4) is 0 Å². The minimum atomic E-state index is -1.08. The maximum absolute atomic E-state index is 11.3. The molecule has 2 aromatic rings. The minimum Gasteiger partial charge on any atom is -0.476 e. The molecule has 1 aromatic carbocycles. The van der Waals surface area contributed by atoms with E-state index in [4.69, 9.17) is 4.74 Å². The van der Waals surface area contributed by atoms with E-state index in [2.05, 4.69) is 15.3 Å². The highest BCUT2D eigenvalue weighted by Gasteiger charge is 2.20. The van der Waals surface area contributed by atoms with Crippen molar-refractivity contribution in [2.24, 2.45) is 0 Å². The topological polar surface area (TPSA) is 84.3 Å². The molecule has 1 atom stereocenters. The summed E-state index contributed by atoms with van der Waals surface area (Å²) in [6, 6.07) is 7.31. The number of rotatable bonds is 3. The highest BCUT2D eigenvalue weighted by Crippen LogP contribution is 2.19. The quantitative estimate of drug-likeness (QED) is 0.888. The van der Waals surface area contributed by atoms with Crippen LogP contribution in [0.1, 0.15) is 23.3 Å². The van der Waals surface area contributed by atoms with Gasteiger partial charge in [0.1, 0.15) is 0 Å². The van der Waals surface area contributed by atoms with E-state index in [0.29, 0.717) is 23.5 Å². The third-order valence-electron chi connectivity index (χ3n) is 3.27. The van der Waals surface area contributed by atoms with E-state index in [1.54, 1.807) is 6.07 Å². The molecule has 1 saturated heterocycles. The van der Waals surface area contributed by atoms with Crippen LogP contribution >= 0.6 is 0 Å². The molecule has 104 valence electrons. The first-order valence-corrected chi connectivity index (χ1v) is 6.58. The fourth-order valence-corrected chi connectivity index (χ4v) is 2.30. The number of anilines is 1. The number of hydrogen-bond acceptors (Lipinski definition) is 5. The number of benzene rings is 1. The smallest absolute Gasteiger partial charge is 0.358 e. The standard InChI is InChI=1S/C14H15N3O3/c18-14(19)12-13(15-9-4-3-7-20-8-9)17-11-6-2-1-5-10(11)16-12/h1-2,5-6,9H,3-4,7-8H2,(H,15,17)(H,18,19). The summed E-state index contributed by atoms with van der Waals surface area (Å²) in [7, 11) is 0. The molecular weight excluding hydrogens is 258 g/mol. The number of para-hydroxylation sites is 2. The molecule has 6 heteroatoms. The summed E-state index contributed by atoms with van der Waals surface area (Å²) in [6.45, 7) is 1.32. The zero-order chi connectivity index (χ0) is 13.9. The van der Waals surface area contributed by atoms with E-state index in [1.165, 1.54) is 0 Å². The van der Waals surface area contributed by atoms with Crippen LogP contribution in [0.5, 0.6) is 0 Å². The van der Waals surface area contributed by atoms with Crippen LogP contribution in [0.4, 0.5) is 5.82 Å². The van der Waals surface area contributed by atoms with Crippen molar-refractivity contribution >= 4 is 22.8 Å². The van der Waals surface area contributed by atoms with Gasteiger partial charge in [0.15, 0.2) is 11.5 Å². The second kappa shape index (κ2) is 5.42. The van der Waals surface area contributed by atoms with Gasteiger partial charge in [-0.2, -0.15) is 0 Å². The monoisotopic (exact) mass is 273 g/mol.